The number of anilines is 2. The van der Waals surface area contributed by atoms with Crippen LogP contribution in [-0.4, -0.2) is 17.4 Å². The number of nitrogen functional groups attached to an aromatic ring is 1. The molecule has 1 aliphatic rings. The summed E-state index contributed by atoms with van der Waals surface area (Å²) in [6.07, 6.45) is 2.27. The number of H-pyrrole nitrogens is 1. The van der Waals surface area contributed by atoms with Crippen LogP contribution in [0, 0.1) is 0 Å². The molecule has 0 fully saturated rings. The van der Waals surface area contributed by atoms with Crippen LogP contribution in [0.1, 0.15) is 15.9 Å². The summed E-state index contributed by atoms with van der Waals surface area (Å²) in [5.41, 5.74) is 8.03. The molecule has 0 atom stereocenters. The van der Waals surface area contributed by atoms with E-state index in [0.717, 1.165) is 17.7 Å². The Morgan fingerprint density at radius 3 is 2.89 bits per heavy atom. The van der Waals surface area contributed by atoms with Gasteiger partial charge in [-0.15, -0.1) is 0 Å². The monoisotopic (exact) mass is 255 g/mol. The zero-order chi connectivity index (χ0) is 13.4. The molecule has 1 aromatic heterocycles. The third-order valence-electron chi connectivity index (χ3n) is 3.32. The molecule has 2 aromatic rings. The average molecular weight is 255 g/mol. The van der Waals surface area contributed by atoms with E-state index in [0.29, 0.717) is 12.2 Å². The average Bonchev–Trinajstić information content (AvgIpc) is 2.84. The zero-order valence-electron chi connectivity index (χ0n) is 10.2. The van der Waals surface area contributed by atoms with Gasteiger partial charge in [-0.1, -0.05) is 12.1 Å². The quantitative estimate of drug-likeness (QED) is 0.750. The number of para-hydroxylation sites is 1. The van der Waals surface area contributed by atoms with Crippen molar-refractivity contribution in [3.63, 3.8) is 0 Å². The van der Waals surface area contributed by atoms with Gasteiger partial charge in [-0.2, -0.15) is 0 Å². The van der Waals surface area contributed by atoms with Crippen LogP contribution in [0.3, 0.4) is 0 Å². The van der Waals surface area contributed by atoms with Crippen LogP contribution >= 0.6 is 0 Å². The van der Waals surface area contributed by atoms with E-state index in [2.05, 4.69) is 4.98 Å². The largest absolute Gasteiger partial charge is 0.397 e. The number of hydrogen-bond acceptors (Lipinski definition) is 3. The minimum atomic E-state index is -0.379. The van der Waals surface area contributed by atoms with Crippen molar-refractivity contribution in [1.29, 1.82) is 0 Å². The lowest BCUT2D eigenvalue weighted by Crippen LogP contribution is -2.33. The van der Waals surface area contributed by atoms with Gasteiger partial charge in [-0.3, -0.25) is 9.59 Å². The second kappa shape index (κ2) is 4.28. The molecule has 0 spiro atoms. The van der Waals surface area contributed by atoms with Gasteiger partial charge in [0.1, 0.15) is 5.56 Å². The van der Waals surface area contributed by atoms with Crippen LogP contribution in [0.2, 0.25) is 0 Å². The van der Waals surface area contributed by atoms with Crippen LogP contribution in [-0.2, 0) is 6.42 Å². The van der Waals surface area contributed by atoms with E-state index >= 15 is 0 Å². The number of amides is 1. The minimum Gasteiger partial charge on any atom is -0.397 e. The SMILES string of the molecule is Nc1cccc2c1N(C(=O)c1ccc[nH]c1=O)CC2. The number of nitrogens with two attached hydrogens (primary N) is 1. The number of aromatic amines is 1. The molecule has 0 unspecified atom stereocenters. The number of carbonyl (C=O) groups is 1. The predicted octanol–water partition coefficient (Wildman–Crippen LogP) is 1.16. The molecule has 3 N–H and O–H groups in total. The van der Waals surface area contributed by atoms with E-state index in [1.54, 1.807) is 17.0 Å². The summed E-state index contributed by atoms with van der Waals surface area (Å²) in [7, 11) is 0. The third-order valence-corrected chi connectivity index (χ3v) is 3.32. The van der Waals surface area contributed by atoms with E-state index in [9.17, 15) is 9.59 Å². The van der Waals surface area contributed by atoms with Crippen molar-refractivity contribution in [3.05, 3.63) is 58.0 Å². The highest BCUT2D eigenvalue weighted by atomic mass is 16.2. The maximum Gasteiger partial charge on any atom is 0.263 e. The Kier molecular flexibility index (Phi) is 2.59. The van der Waals surface area contributed by atoms with E-state index < -0.39 is 0 Å². The van der Waals surface area contributed by atoms with Gasteiger partial charge in [-0.05, 0) is 30.2 Å². The standard InChI is InChI=1S/C14H13N3O2/c15-11-5-1-3-9-6-8-17(12(9)11)14(19)10-4-2-7-16-13(10)18/h1-5,7H,6,8,15H2,(H,16,18). The number of rotatable bonds is 1. The highest BCUT2D eigenvalue weighted by Crippen LogP contribution is 2.34. The van der Waals surface area contributed by atoms with Crippen LogP contribution in [0.25, 0.3) is 0 Å². The molecule has 0 saturated carbocycles. The lowest BCUT2D eigenvalue weighted by molar-refractivity contribution is 0.0988. The van der Waals surface area contributed by atoms with Gasteiger partial charge in [0.05, 0.1) is 11.4 Å². The van der Waals surface area contributed by atoms with Crippen molar-refractivity contribution in [2.45, 2.75) is 6.42 Å². The first kappa shape index (κ1) is 11.5. The number of nitrogens with one attached hydrogen (secondary N) is 1. The van der Waals surface area contributed by atoms with Crippen molar-refractivity contribution in [2.24, 2.45) is 0 Å². The van der Waals surface area contributed by atoms with Crippen LogP contribution < -0.4 is 16.2 Å². The predicted molar refractivity (Wildman–Crippen MR) is 73.3 cm³/mol. The van der Waals surface area contributed by atoms with Gasteiger partial charge >= 0.3 is 0 Å². The summed E-state index contributed by atoms with van der Waals surface area (Å²) >= 11 is 0. The topological polar surface area (TPSA) is 79.2 Å². The number of carbonyl (C=O) groups excluding carboxylic acids is 1. The molecule has 0 saturated heterocycles. The van der Waals surface area contributed by atoms with Gasteiger partial charge < -0.3 is 15.6 Å². The molecule has 0 radical (unpaired) electrons. The first-order valence-corrected chi connectivity index (χ1v) is 6.05. The summed E-state index contributed by atoms with van der Waals surface area (Å²) in [5.74, 6) is -0.307. The fourth-order valence-corrected chi connectivity index (χ4v) is 2.42. The highest BCUT2D eigenvalue weighted by Gasteiger charge is 2.28. The van der Waals surface area contributed by atoms with Gasteiger partial charge in [0.2, 0.25) is 0 Å². The molecule has 1 amide bonds. The normalized spacial score (nSPS) is 13.4. The van der Waals surface area contributed by atoms with Crippen molar-refractivity contribution >= 4 is 17.3 Å². The number of benzene rings is 1. The van der Waals surface area contributed by atoms with Crippen LogP contribution in [0.5, 0.6) is 0 Å². The Bertz CT molecular complexity index is 706. The van der Waals surface area contributed by atoms with E-state index in [4.69, 9.17) is 5.73 Å². The minimum absolute atomic E-state index is 0.138. The van der Waals surface area contributed by atoms with Gasteiger partial charge in [-0.25, -0.2) is 0 Å². The molecule has 5 heteroatoms. The Labute approximate surface area is 109 Å². The number of aromatic nitrogens is 1. The Hall–Kier alpha value is -2.56. The molecular weight excluding hydrogens is 242 g/mol. The number of pyridine rings is 1. The van der Waals surface area contributed by atoms with Crippen molar-refractivity contribution < 1.29 is 4.79 Å². The van der Waals surface area contributed by atoms with E-state index in [-0.39, 0.29) is 17.0 Å². The molecular formula is C14H13N3O2. The van der Waals surface area contributed by atoms with Gasteiger partial charge in [0.25, 0.3) is 11.5 Å². The summed E-state index contributed by atoms with van der Waals surface area (Å²) in [6, 6.07) is 8.75. The molecule has 3 rings (SSSR count). The van der Waals surface area contributed by atoms with Crippen molar-refractivity contribution in [1.82, 2.24) is 4.98 Å². The molecule has 1 aromatic carbocycles. The van der Waals surface area contributed by atoms with Crippen molar-refractivity contribution in [3.8, 4) is 0 Å². The molecule has 0 aliphatic carbocycles. The Morgan fingerprint density at radius 2 is 2.11 bits per heavy atom. The molecule has 2 heterocycles. The van der Waals surface area contributed by atoms with Crippen LogP contribution in [0.4, 0.5) is 11.4 Å². The second-order valence-corrected chi connectivity index (χ2v) is 4.47. The number of nitrogens with zero attached hydrogens (tertiary/aromatic N) is 1. The van der Waals surface area contributed by atoms with E-state index in [1.165, 1.54) is 12.3 Å². The lowest BCUT2D eigenvalue weighted by Gasteiger charge is -2.18. The first-order valence-electron chi connectivity index (χ1n) is 6.05. The smallest absolute Gasteiger partial charge is 0.263 e. The number of hydrogen-bond donors (Lipinski definition) is 2. The first-order chi connectivity index (χ1) is 9.18. The maximum atomic E-state index is 12.4. The van der Waals surface area contributed by atoms with E-state index in [1.807, 2.05) is 12.1 Å². The summed E-state index contributed by atoms with van der Waals surface area (Å²) in [4.78, 5) is 28.2. The number of fused-ring (bicyclic) bond motifs is 1. The summed E-state index contributed by atoms with van der Waals surface area (Å²) in [5, 5.41) is 0. The van der Waals surface area contributed by atoms with Gasteiger partial charge in [0, 0.05) is 12.7 Å². The fraction of sp³-hybridized carbons (Fsp3) is 0.143. The molecule has 0 bridgehead atoms. The maximum absolute atomic E-state index is 12.4. The molecule has 1 aliphatic heterocycles. The Balaban J connectivity index is 2.06. The molecule has 96 valence electrons. The second-order valence-electron chi connectivity index (χ2n) is 4.47. The zero-order valence-corrected chi connectivity index (χ0v) is 10.2. The Morgan fingerprint density at radius 1 is 1.26 bits per heavy atom. The third kappa shape index (κ3) is 1.79. The van der Waals surface area contributed by atoms with Gasteiger partial charge in [0.15, 0.2) is 0 Å². The summed E-state index contributed by atoms with van der Waals surface area (Å²) < 4.78 is 0. The van der Waals surface area contributed by atoms with Crippen LogP contribution in [0.15, 0.2) is 41.3 Å². The fourth-order valence-electron chi connectivity index (χ4n) is 2.42. The molecule has 19 heavy (non-hydrogen) atoms. The summed E-state index contributed by atoms with van der Waals surface area (Å²) in [6.45, 7) is 0.552. The lowest BCUT2D eigenvalue weighted by atomic mass is 10.1. The highest BCUT2D eigenvalue weighted by molar-refractivity contribution is 6.08. The molecule has 5 nitrogen and oxygen atoms in total. The van der Waals surface area contributed by atoms with Crippen molar-refractivity contribution in [2.75, 3.05) is 17.2 Å².